The Morgan fingerprint density at radius 2 is 2.54 bits per heavy atom. The normalized spacial score (nSPS) is 11.2. The molecule has 0 amide bonds. The van der Waals surface area contributed by atoms with E-state index in [0.717, 1.165) is 23.7 Å². The highest BCUT2D eigenvalue weighted by Crippen LogP contribution is 2.10. The highest BCUT2D eigenvalue weighted by Gasteiger charge is 2.00. The largest absolute Gasteiger partial charge is 0.329 e. The maximum absolute atomic E-state index is 5.36. The van der Waals surface area contributed by atoms with Gasteiger partial charge < -0.3 is 11.1 Å². The Labute approximate surface area is 80.4 Å². The molecule has 0 fully saturated rings. The third kappa shape index (κ3) is 1.88. The Morgan fingerprint density at radius 1 is 1.62 bits per heavy atom. The van der Waals surface area contributed by atoms with Crippen molar-refractivity contribution in [2.45, 2.75) is 6.54 Å². The first kappa shape index (κ1) is 8.68. The number of nitrogens with two attached hydrogens (primary N) is 1. The molecule has 2 rings (SSSR count). The fraction of sp³-hybridized carbons (Fsp3) is 0.375. The van der Waals surface area contributed by atoms with Crippen molar-refractivity contribution in [3.63, 3.8) is 0 Å². The molecule has 0 aliphatic carbocycles. The zero-order valence-corrected chi connectivity index (χ0v) is 8.05. The van der Waals surface area contributed by atoms with Gasteiger partial charge in [0.2, 0.25) is 0 Å². The van der Waals surface area contributed by atoms with Gasteiger partial charge in [-0.2, -0.15) is 0 Å². The number of nitrogens with zero attached hydrogens (tertiary/aromatic N) is 2. The van der Waals surface area contributed by atoms with E-state index in [-0.39, 0.29) is 0 Å². The van der Waals surface area contributed by atoms with Crippen molar-refractivity contribution in [3.8, 4) is 0 Å². The molecule has 2 heterocycles. The van der Waals surface area contributed by atoms with Crippen LogP contribution in [0.5, 0.6) is 0 Å². The minimum Gasteiger partial charge on any atom is -0.329 e. The number of thiazole rings is 1. The Kier molecular flexibility index (Phi) is 2.58. The molecule has 0 spiro atoms. The van der Waals surface area contributed by atoms with E-state index in [1.54, 1.807) is 11.3 Å². The van der Waals surface area contributed by atoms with Crippen molar-refractivity contribution < 1.29 is 0 Å². The molecule has 0 aliphatic rings. The Morgan fingerprint density at radius 3 is 3.31 bits per heavy atom. The van der Waals surface area contributed by atoms with E-state index in [9.17, 15) is 0 Å². The summed E-state index contributed by atoms with van der Waals surface area (Å²) in [6, 6.07) is 0. The molecule has 0 saturated carbocycles. The van der Waals surface area contributed by atoms with Crippen LogP contribution in [-0.2, 0) is 6.54 Å². The van der Waals surface area contributed by atoms with Crippen LogP contribution >= 0.6 is 11.3 Å². The number of fused-ring (bicyclic) bond motifs is 1. The highest BCUT2D eigenvalue weighted by atomic mass is 32.1. The number of aromatic nitrogens is 2. The lowest BCUT2D eigenvalue weighted by atomic mass is 10.4. The summed E-state index contributed by atoms with van der Waals surface area (Å²) in [7, 11) is 0. The fourth-order valence-corrected chi connectivity index (χ4v) is 1.90. The second kappa shape index (κ2) is 3.87. The first-order valence-electron chi connectivity index (χ1n) is 4.22. The molecule has 2 aromatic heterocycles. The van der Waals surface area contributed by atoms with E-state index in [2.05, 4.69) is 10.3 Å². The highest BCUT2D eigenvalue weighted by molar-refractivity contribution is 7.15. The summed E-state index contributed by atoms with van der Waals surface area (Å²) in [5, 5.41) is 5.23. The van der Waals surface area contributed by atoms with Gasteiger partial charge in [0.05, 0.1) is 5.69 Å². The number of rotatable bonds is 4. The molecule has 70 valence electrons. The number of hydrogen-bond donors (Lipinski definition) is 2. The summed E-state index contributed by atoms with van der Waals surface area (Å²) in [5.74, 6) is 0. The van der Waals surface area contributed by atoms with Crippen molar-refractivity contribution in [3.05, 3.63) is 23.5 Å². The van der Waals surface area contributed by atoms with Gasteiger partial charge in [-0.1, -0.05) is 0 Å². The van der Waals surface area contributed by atoms with E-state index in [1.807, 2.05) is 22.2 Å². The van der Waals surface area contributed by atoms with Crippen LogP contribution in [0.2, 0.25) is 0 Å². The van der Waals surface area contributed by atoms with Crippen molar-refractivity contribution >= 4 is 16.3 Å². The molecule has 0 radical (unpaired) electrons. The van der Waals surface area contributed by atoms with Crippen LogP contribution in [0.25, 0.3) is 4.96 Å². The van der Waals surface area contributed by atoms with E-state index in [0.29, 0.717) is 6.54 Å². The SMILES string of the molecule is NCCNCc1cn2ccsc2n1. The van der Waals surface area contributed by atoms with Crippen molar-refractivity contribution in [2.24, 2.45) is 5.73 Å². The van der Waals surface area contributed by atoms with Crippen LogP contribution in [0.1, 0.15) is 5.69 Å². The van der Waals surface area contributed by atoms with E-state index >= 15 is 0 Å². The number of imidazole rings is 1. The molecule has 0 bridgehead atoms. The standard InChI is InChI=1S/C8H12N4S/c9-1-2-10-5-7-6-12-3-4-13-8(12)11-7/h3-4,6,10H,1-2,5,9H2. The molecule has 4 nitrogen and oxygen atoms in total. The quantitative estimate of drug-likeness (QED) is 0.698. The summed E-state index contributed by atoms with van der Waals surface area (Å²) in [6.45, 7) is 2.30. The van der Waals surface area contributed by atoms with E-state index in [4.69, 9.17) is 5.73 Å². The molecule has 0 saturated heterocycles. The van der Waals surface area contributed by atoms with Crippen LogP contribution in [0.15, 0.2) is 17.8 Å². The predicted octanol–water partition coefficient (Wildman–Crippen LogP) is 0.444. The topological polar surface area (TPSA) is 55.3 Å². The summed E-state index contributed by atoms with van der Waals surface area (Å²) in [4.78, 5) is 5.47. The lowest BCUT2D eigenvalue weighted by Gasteiger charge is -1.97. The lowest BCUT2D eigenvalue weighted by Crippen LogP contribution is -2.21. The number of hydrogen-bond acceptors (Lipinski definition) is 4. The third-order valence-corrected chi connectivity index (χ3v) is 2.54. The van der Waals surface area contributed by atoms with Gasteiger partial charge in [0.25, 0.3) is 0 Å². The molecular weight excluding hydrogens is 184 g/mol. The van der Waals surface area contributed by atoms with E-state index in [1.165, 1.54) is 0 Å². The fourth-order valence-electron chi connectivity index (χ4n) is 1.18. The zero-order chi connectivity index (χ0) is 9.10. The minimum absolute atomic E-state index is 0.669. The summed E-state index contributed by atoms with van der Waals surface area (Å²) in [6.07, 6.45) is 4.05. The predicted molar refractivity (Wildman–Crippen MR) is 53.8 cm³/mol. The van der Waals surface area contributed by atoms with Gasteiger partial charge in [0.1, 0.15) is 0 Å². The van der Waals surface area contributed by atoms with Gasteiger partial charge in [-0.15, -0.1) is 11.3 Å². The van der Waals surface area contributed by atoms with Crippen LogP contribution < -0.4 is 11.1 Å². The number of nitrogens with one attached hydrogen (secondary N) is 1. The summed E-state index contributed by atoms with van der Waals surface area (Å²) < 4.78 is 2.03. The first-order valence-corrected chi connectivity index (χ1v) is 5.10. The molecule has 2 aromatic rings. The van der Waals surface area contributed by atoms with Gasteiger partial charge in [-0.25, -0.2) is 4.98 Å². The molecule has 5 heteroatoms. The molecule has 3 N–H and O–H groups in total. The van der Waals surface area contributed by atoms with Gasteiger partial charge in [0.15, 0.2) is 4.96 Å². The van der Waals surface area contributed by atoms with Crippen LogP contribution in [0, 0.1) is 0 Å². The van der Waals surface area contributed by atoms with Crippen LogP contribution in [-0.4, -0.2) is 22.5 Å². The van der Waals surface area contributed by atoms with Gasteiger partial charge in [-0.3, -0.25) is 4.40 Å². The lowest BCUT2D eigenvalue weighted by molar-refractivity contribution is 0.685. The average Bonchev–Trinajstić information content (AvgIpc) is 2.64. The van der Waals surface area contributed by atoms with Gasteiger partial charge in [0, 0.05) is 37.4 Å². The molecule has 13 heavy (non-hydrogen) atoms. The molecule has 0 aliphatic heterocycles. The van der Waals surface area contributed by atoms with Gasteiger partial charge >= 0.3 is 0 Å². The van der Waals surface area contributed by atoms with Crippen LogP contribution in [0.3, 0.4) is 0 Å². The van der Waals surface area contributed by atoms with E-state index < -0.39 is 0 Å². The van der Waals surface area contributed by atoms with Crippen LogP contribution in [0.4, 0.5) is 0 Å². The second-order valence-electron chi connectivity index (χ2n) is 2.79. The Bertz CT molecular complexity index is 350. The summed E-state index contributed by atoms with van der Waals surface area (Å²) in [5.41, 5.74) is 6.43. The monoisotopic (exact) mass is 196 g/mol. The van der Waals surface area contributed by atoms with Crippen molar-refractivity contribution in [1.82, 2.24) is 14.7 Å². The first-order chi connectivity index (χ1) is 6.40. The molecule has 0 atom stereocenters. The maximum Gasteiger partial charge on any atom is 0.193 e. The summed E-state index contributed by atoms with van der Waals surface area (Å²) >= 11 is 1.65. The minimum atomic E-state index is 0.669. The Balaban J connectivity index is 2.03. The molecule has 0 aromatic carbocycles. The smallest absolute Gasteiger partial charge is 0.193 e. The van der Waals surface area contributed by atoms with Gasteiger partial charge in [-0.05, 0) is 0 Å². The van der Waals surface area contributed by atoms with Crippen molar-refractivity contribution in [1.29, 1.82) is 0 Å². The molecule has 0 unspecified atom stereocenters. The second-order valence-corrected chi connectivity index (χ2v) is 3.66. The molecular formula is C8H12N4S. The van der Waals surface area contributed by atoms with Crippen molar-refractivity contribution in [2.75, 3.05) is 13.1 Å². The Hall–Kier alpha value is -0.910. The average molecular weight is 196 g/mol. The third-order valence-electron chi connectivity index (χ3n) is 1.77. The zero-order valence-electron chi connectivity index (χ0n) is 7.23. The maximum atomic E-state index is 5.36.